The number of thioether (sulfide) groups is 1. The third-order valence-corrected chi connectivity index (χ3v) is 4.58. The summed E-state index contributed by atoms with van der Waals surface area (Å²) in [5.74, 6) is 3.22. The molecule has 1 N–H and O–H groups in total. The molecule has 0 bridgehead atoms. The van der Waals surface area contributed by atoms with Gasteiger partial charge >= 0.3 is 0 Å². The van der Waals surface area contributed by atoms with Gasteiger partial charge in [0.1, 0.15) is 0 Å². The summed E-state index contributed by atoms with van der Waals surface area (Å²) in [4.78, 5) is 0. The molecule has 1 saturated carbocycles. The van der Waals surface area contributed by atoms with Gasteiger partial charge in [-0.3, -0.25) is 0 Å². The molecule has 0 aromatic heterocycles. The second-order valence-corrected chi connectivity index (χ2v) is 6.12. The van der Waals surface area contributed by atoms with Crippen molar-refractivity contribution in [1.29, 1.82) is 0 Å². The average Bonchev–Trinajstić information content (AvgIpc) is 2.86. The SMILES string of the molecule is COCCNCC(CCCSC)C1CCCC1. The van der Waals surface area contributed by atoms with Gasteiger partial charge < -0.3 is 10.1 Å². The molecule has 3 heteroatoms. The van der Waals surface area contributed by atoms with Gasteiger partial charge in [-0.1, -0.05) is 25.7 Å². The van der Waals surface area contributed by atoms with Crippen LogP contribution in [0.5, 0.6) is 0 Å². The summed E-state index contributed by atoms with van der Waals surface area (Å²) < 4.78 is 5.08. The van der Waals surface area contributed by atoms with E-state index in [0.717, 1.165) is 25.0 Å². The van der Waals surface area contributed by atoms with E-state index in [2.05, 4.69) is 11.6 Å². The summed E-state index contributed by atoms with van der Waals surface area (Å²) in [5, 5.41) is 3.56. The van der Waals surface area contributed by atoms with E-state index in [1.165, 1.54) is 50.8 Å². The van der Waals surface area contributed by atoms with Gasteiger partial charge in [-0.05, 0) is 43.2 Å². The van der Waals surface area contributed by atoms with Gasteiger partial charge in [-0.2, -0.15) is 11.8 Å². The zero-order valence-corrected chi connectivity index (χ0v) is 12.4. The van der Waals surface area contributed by atoms with Crippen LogP contribution < -0.4 is 5.32 Å². The molecule has 0 amide bonds. The third kappa shape index (κ3) is 6.68. The quantitative estimate of drug-likeness (QED) is 0.609. The van der Waals surface area contributed by atoms with Crippen LogP contribution in [0.15, 0.2) is 0 Å². The largest absolute Gasteiger partial charge is 0.383 e. The Morgan fingerprint density at radius 2 is 2.12 bits per heavy atom. The minimum absolute atomic E-state index is 0.836. The summed E-state index contributed by atoms with van der Waals surface area (Å²) in [6, 6.07) is 0. The van der Waals surface area contributed by atoms with Crippen molar-refractivity contribution in [3.63, 3.8) is 0 Å². The number of nitrogens with one attached hydrogen (secondary N) is 1. The first-order chi connectivity index (χ1) is 8.38. The minimum atomic E-state index is 0.836. The maximum Gasteiger partial charge on any atom is 0.0587 e. The highest BCUT2D eigenvalue weighted by atomic mass is 32.2. The zero-order chi connectivity index (χ0) is 12.3. The molecule has 0 heterocycles. The summed E-state index contributed by atoms with van der Waals surface area (Å²) in [6.45, 7) is 3.03. The van der Waals surface area contributed by atoms with Crippen LogP contribution >= 0.6 is 11.8 Å². The molecule has 0 aromatic carbocycles. The maximum absolute atomic E-state index is 5.08. The molecule has 17 heavy (non-hydrogen) atoms. The van der Waals surface area contributed by atoms with Crippen molar-refractivity contribution in [1.82, 2.24) is 5.32 Å². The summed E-state index contributed by atoms with van der Waals surface area (Å²) >= 11 is 1.98. The second kappa shape index (κ2) is 10.2. The van der Waals surface area contributed by atoms with Gasteiger partial charge in [0.2, 0.25) is 0 Å². The lowest BCUT2D eigenvalue weighted by atomic mass is 9.87. The molecular formula is C14H29NOS. The fourth-order valence-electron chi connectivity index (χ4n) is 2.88. The van der Waals surface area contributed by atoms with Crippen molar-refractivity contribution >= 4 is 11.8 Å². The normalized spacial score (nSPS) is 18.7. The maximum atomic E-state index is 5.08. The van der Waals surface area contributed by atoms with Crippen molar-refractivity contribution in [3.05, 3.63) is 0 Å². The van der Waals surface area contributed by atoms with Gasteiger partial charge in [-0.25, -0.2) is 0 Å². The molecule has 1 atom stereocenters. The van der Waals surface area contributed by atoms with Gasteiger partial charge in [0, 0.05) is 13.7 Å². The predicted molar refractivity (Wildman–Crippen MR) is 77.8 cm³/mol. The molecule has 1 aliphatic carbocycles. The van der Waals surface area contributed by atoms with Crippen molar-refractivity contribution < 1.29 is 4.74 Å². The fourth-order valence-corrected chi connectivity index (χ4v) is 3.34. The summed E-state index contributed by atoms with van der Waals surface area (Å²) in [7, 11) is 1.77. The Hall–Kier alpha value is 0.270. The molecule has 1 aliphatic rings. The average molecular weight is 259 g/mol. The second-order valence-electron chi connectivity index (χ2n) is 5.14. The Balaban J connectivity index is 2.20. The van der Waals surface area contributed by atoms with Crippen molar-refractivity contribution in [2.45, 2.75) is 38.5 Å². The molecule has 0 radical (unpaired) electrons. The predicted octanol–water partition coefficient (Wildman–Crippen LogP) is 3.17. The van der Waals surface area contributed by atoms with Crippen LogP contribution in [0.1, 0.15) is 38.5 Å². The third-order valence-electron chi connectivity index (χ3n) is 3.88. The van der Waals surface area contributed by atoms with E-state index in [9.17, 15) is 0 Å². The standard InChI is InChI=1S/C14H29NOS/c1-16-10-9-15-12-14(8-5-11-17-2)13-6-3-4-7-13/h13-15H,3-12H2,1-2H3. The highest BCUT2D eigenvalue weighted by Gasteiger charge is 2.24. The lowest BCUT2D eigenvalue weighted by Crippen LogP contribution is -2.29. The molecule has 1 rings (SSSR count). The van der Waals surface area contributed by atoms with Crippen LogP contribution in [0.4, 0.5) is 0 Å². The molecular weight excluding hydrogens is 230 g/mol. The van der Waals surface area contributed by atoms with Gasteiger partial charge in [0.05, 0.1) is 6.61 Å². The molecule has 102 valence electrons. The van der Waals surface area contributed by atoms with Crippen LogP contribution in [-0.4, -0.2) is 38.8 Å². The first-order valence-corrected chi connectivity index (χ1v) is 8.46. The Morgan fingerprint density at radius 3 is 2.76 bits per heavy atom. The molecule has 0 saturated heterocycles. The van der Waals surface area contributed by atoms with Crippen LogP contribution in [0, 0.1) is 11.8 Å². The molecule has 2 nitrogen and oxygen atoms in total. The Labute approximate surface area is 111 Å². The van der Waals surface area contributed by atoms with Gasteiger partial charge in [-0.15, -0.1) is 0 Å². The first kappa shape index (κ1) is 15.3. The number of ether oxygens (including phenoxy) is 1. The number of hydrogen-bond acceptors (Lipinski definition) is 3. The highest BCUT2D eigenvalue weighted by Crippen LogP contribution is 2.33. The van der Waals surface area contributed by atoms with Crippen molar-refractivity contribution in [2.24, 2.45) is 11.8 Å². The van der Waals surface area contributed by atoms with E-state index in [1.807, 2.05) is 11.8 Å². The number of rotatable bonds is 10. The van der Waals surface area contributed by atoms with E-state index in [0.29, 0.717) is 0 Å². The first-order valence-electron chi connectivity index (χ1n) is 7.07. The van der Waals surface area contributed by atoms with E-state index >= 15 is 0 Å². The van der Waals surface area contributed by atoms with Crippen LogP contribution in [-0.2, 0) is 4.74 Å². The van der Waals surface area contributed by atoms with Crippen molar-refractivity contribution in [3.8, 4) is 0 Å². The minimum Gasteiger partial charge on any atom is -0.383 e. The number of hydrogen-bond donors (Lipinski definition) is 1. The van der Waals surface area contributed by atoms with Crippen LogP contribution in [0.3, 0.4) is 0 Å². The molecule has 1 unspecified atom stereocenters. The Morgan fingerprint density at radius 1 is 1.35 bits per heavy atom. The fraction of sp³-hybridized carbons (Fsp3) is 1.00. The molecule has 0 aliphatic heterocycles. The lowest BCUT2D eigenvalue weighted by Gasteiger charge is -2.23. The van der Waals surface area contributed by atoms with Crippen molar-refractivity contribution in [2.75, 3.05) is 38.8 Å². The van der Waals surface area contributed by atoms with Gasteiger partial charge in [0.15, 0.2) is 0 Å². The van der Waals surface area contributed by atoms with Crippen LogP contribution in [0.25, 0.3) is 0 Å². The van der Waals surface area contributed by atoms with E-state index in [4.69, 9.17) is 4.74 Å². The Kier molecular flexibility index (Phi) is 9.21. The molecule has 0 aromatic rings. The summed E-state index contributed by atoms with van der Waals surface area (Å²) in [6.07, 6.45) is 10.9. The molecule has 1 fully saturated rings. The summed E-state index contributed by atoms with van der Waals surface area (Å²) in [5.41, 5.74) is 0. The number of methoxy groups -OCH3 is 1. The smallest absolute Gasteiger partial charge is 0.0587 e. The zero-order valence-electron chi connectivity index (χ0n) is 11.5. The topological polar surface area (TPSA) is 21.3 Å². The monoisotopic (exact) mass is 259 g/mol. The van der Waals surface area contributed by atoms with E-state index in [-0.39, 0.29) is 0 Å². The lowest BCUT2D eigenvalue weighted by molar-refractivity contribution is 0.194. The molecule has 0 spiro atoms. The van der Waals surface area contributed by atoms with Crippen LogP contribution in [0.2, 0.25) is 0 Å². The highest BCUT2D eigenvalue weighted by molar-refractivity contribution is 7.98. The van der Waals surface area contributed by atoms with Gasteiger partial charge in [0.25, 0.3) is 0 Å². The Bertz CT molecular complexity index is 172. The van der Waals surface area contributed by atoms with E-state index in [1.54, 1.807) is 7.11 Å². The van der Waals surface area contributed by atoms with E-state index < -0.39 is 0 Å².